The fourth-order valence-electron chi connectivity index (χ4n) is 1.98. The maximum atomic E-state index is 12.0. The molecule has 6 heteroatoms. The monoisotopic (exact) mass is 284 g/mol. The summed E-state index contributed by atoms with van der Waals surface area (Å²) >= 11 is 0. The SMILES string of the molecule is Cc1cc(CNC(=O)c2cc(=O)c3ccccc3o2)no1. The largest absolute Gasteiger partial charge is 0.451 e. The van der Waals surface area contributed by atoms with E-state index in [1.165, 1.54) is 6.07 Å². The van der Waals surface area contributed by atoms with E-state index in [4.69, 9.17) is 8.94 Å². The first-order valence-corrected chi connectivity index (χ1v) is 6.37. The summed E-state index contributed by atoms with van der Waals surface area (Å²) in [4.78, 5) is 23.9. The molecule has 0 spiro atoms. The van der Waals surface area contributed by atoms with Gasteiger partial charge in [0, 0.05) is 12.1 Å². The molecule has 21 heavy (non-hydrogen) atoms. The van der Waals surface area contributed by atoms with Crippen molar-refractivity contribution in [3.8, 4) is 0 Å². The molecule has 0 radical (unpaired) electrons. The number of carbonyl (C=O) groups excluding carboxylic acids is 1. The minimum atomic E-state index is -0.474. The maximum absolute atomic E-state index is 12.0. The molecule has 1 N–H and O–H groups in total. The third kappa shape index (κ3) is 2.69. The zero-order valence-corrected chi connectivity index (χ0v) is 11.3. The fraction of sp³-hybridized carbons (Fsp3) is 0.133. The number of para-hydroxylation sites is 1. The van der Waals surface area contributed by atoms with Gasteiger partial charge in [0.25, 0.3) is 5.91 Å². The van der Waals surface area contributed by atoms with Gasteiger partial charge in [-0.25, -0.2) is 0 Å². The van der Waals surface area contributed by atoms with Crippen LogP contribution < -0.4 is 10.7 Å². The number of aromatic nitrogens is 1. The van der Waals surface area contributed by atoms with Gasteiger partial charge in [0.05, 0.1) is 11.9 Å². The zero-order valence-electron chi connectivity index (χ0n) is 11.3. The molecule has 0 aliphatic heterocycles. The smallest absolute Gasteiger partial charge is 0.287 e. The molecule has 1 amide bonds. The topological polar surface area (TPSA) is 85.3 Å². The Morgan fingerprint density at radius 1 is 1.29 bits per heavy atom. The van der Waals surface area contributed by atoms with Crippen LogP contribution in [-0.4, -0.2) is 11.1 Å². The van der Waals surface area contributed by atoms with Crippen molar-refractivity contribution < 1.29 is 13.7 Å². The van der Waals surface area contributed by atoms with Gasteiger partial charge in [0.15, 0.2) is 11.2 Å². The van der Waals surface area contributed by atoms with E-state index in [0.717, 1.165) is 0 Å². The molecule has 2 aromatic heterocycles. The summed E-state index contributed by atoms with van der Waals surface area (Å²) in [7, 11) is 0. The van der Waals surface area contributed by atoms with Crippen LogP contribution in [0.25, 0.3) is 11.0 Å². The lowest BCUT2D eigenvalue weighted by molar-refractivity contribution is 0.0923. The van der Waals surface area contributed by atoms with E-state index in [0.29, 0.717) is 22.4 Å². The minimum absolute atomic E-state index is 0.0288. The second-order valence-corrected chi connectivity index (χ2v) is 4.58. The van der Waals surface area contributed by atoms with Gasteiger partial charge in [-0.15, -0.1) is 0 Å². The molecule has 3 rings (SSSR count). The summed E-state index contributed by atoms with van der Waals surface area (Å²) in [6, 6.07) is 9.69. The van der Waals surface area contributed by atoms with E-state index in [1.807, 2.05) is 0 Å². The number of nitrogens with one attached hydrogen (secondary N) is 1. The lowest BCUT2D eigenvalue weighted by atomic mass is 10.2. The summed E-state index contributed by atoms with van der Waals surface area (Å²) in [6.45, 7) is 1.97. The van der Waals surface area contributed by atoms with Crippen LogP contribution in [-0.2, 0) is 6.54 Å². The van der Waals surface area contributed by atoms with Gasteiger partial charge in [0.1, 0.15) is 17.0 Å². The van der Waals surface area contributed by atoms with Gasteiger partial charge in [-0.1, -0.05) is 17.3 Å². The Kier molecular flexibility index (Phi) is 3.27. The molecule has 0 bridgehead atoms. The van der Waals surface area contributed by atoms with Crippen molar-refractivity contribution in [3.05, 3.63) is 63.8 Å². The Balaban J connectivity index is 1.83. The van der Waals surface area contributed by atoms with Crippen LogP contribution in [0, 0.1) is 6.92 Å². The van der Waals surface area contributed by atoms with Crippen LogP contribution in [0.15, 0.2) is 50.1 Å². The van der Waals surface area contributed by atoms with Crippen molar-refractivity contribution in [1.29, 1.82) is 0 Å². The van der Waals surface area contributed by atoms with Crippen LogP contribution in [0.5, 0.6) is 0 Å². The number of benzene rings is 1. The Bertz CT molecular complexity index is 863. The fourth-order valence-corrected chi connectivity index (χ4v) is 1.98. The molecule has 2 heterocycles. The van der Waals surface area contributed by atoms with Gasteiger partial charge in [0.2, 0.25) is 0 Å². The van der Waals surface area contributed by atoms with E-state index >= 15 is 0 Å². The third-order valence-electron chi connectivity index (χ3n) is 2.97. The number of hydrogen-bond donors (Lipinski definition) is 1. The third-order valence-corrected chi connectivity index (χ3v) is 2.97. The Labute approximate surface area is 119 Å². The normalized spacial score (nSPS) is 10.7. The maximum Gasteiger partial charge on any atom is 0.287 e. The predicted molar refractivity (Wildman–Crippen MR) is 74.9 cm³/mol. The lowest BCUT2D eigenvalue weighted by Crippen LogP contribution is -2.24. The molecular formula is C15H12N2O4. The molecular weight excluding hydrogens is 272 g/mol. The van der Waals surface area contributed by atoms with Crippen molar-refractivity contribution in [2.75, 3.05) is 0 Å². The first-order valence-electron chi connectivity index (χ1n) is 6.37. The zero-order chi connectivity index (χ0) is 14.8. The van der Waals surface area contributed by atoms with Gasteiger partial charge in [-0.3, -0.25) is 9.59 Å². The first-order chi connectivity index (χ1) is 10.1. The molecule has 3 aromatic rings. The highest BCUT2D eigenvalue weighted by atomic mass is 16.5. The van der Waals surface area contributed by atoms with E-state index in [9.17, 15) is 9.59 Å². The molecule has 0 saturated carbocycles. The highest BCUT2D eigenvalue weighted by Crippen LogP contribution is 2.11. The highest BCUT2D eigenvalue weighted by molar-refractivity contribution is 5.93. The summed E-state index contributed by atoms with van der Waals surface area (Å²) in [5.41, 5.74) is 0.732. The van der Waals surface area contributed by atoms with Gasteiger partial charge < -0.3 is 14.3 Å². The van der Waals surface area contributed by atoms with Crippen molar-refractivity contribution >= 4 is 16.9 Å². The summed E-state index contributed by atoms with van der Waals surface area (Å²) in [6.07, 6.45) is 0. The van der Waals surface area contributed by atoms with E-state index in [1.54, 1.807) is 37.3 Å². The van der Waals surface area contributed by atoms with Crippen molar-refractivity contribution in [1.82, 2.24) is 10.5 Å². The lowest BCUT2D eigenvalue weighted by Gasteiger charge is -2.03. The van der Waals surface area contributed by atoms with Gasteiger partial charge in [-0.2, -0.15) is 0 Å². The standard InChI is InChI=1S/C15H12N2O4/c1-9-6-10(17-21-9)8-16-15(19)14-7-12(18)11-4-2-3-5-13(11)20-14/h2-7H,8H2,1H3,(H,16,19). The van der Waals surface area contributed by atoms with Crippen molar-refractivity contribution in [2.24, 2.45) is 0 Å². The molecule has 6 nitrogen and oxygen atoms in total. The molecule has 106 valence electrons. The average molecular weight is 284 g/mol. The molecule has 0 atom stereocenters. The summed E-state index contributed by atoms with van der Waals surface area (Å²) in [5, 5.41) is 6.84. The van der Waals surface area contributed by atoms with Crippen LogP contribution >= 0.6 is 0 Å². The molecule has 0 unspecified atom stereocenters. The molecule has 0 aliphatic rings. The van der Waals surface area contributed by atoms with E-state index in [-0.39, 0.29) is 17.7 Å². The van der Waals surface area contributed by atoms with Gasteiger partial charge in [-0.05, 0) is 19.1 Å². The number of carbonyl (C=O) groups is 1. The number of fused-ring (bicyclic) bond motifs is 1. The number of aryl methyl sites for hydroxylation is 1. The predicted octanol–water partition coefficient (Wildman–Crippen LogP) is 2.02. The quantitative estimate of drug-likeness (QED) is 0.795. The Morgan fingerprint density at radius 2 is 2.10 bits per heavy atom. The Hall–Kier alpha value is -2.89. The second kappa shape index (κ2) is 5.24. The number of nitrogens with zero attached hydrogens (tertiary/aromatic N) is 1. The van der Waals surface area contributed by atoms with Crippen LogP contribution in [0.1, 0.15) is 22.0 Å². The highest BCUT2D eigenvalue weighted by Gasteiger charge is 2.12. The molecule has 0 saturated heterocycles. The van der Waals surface area contributed by atoms with Crippen LogP contribution in [0.2, 0.25) is 0 Å². The summed E-state index contributed by atoms with van der Waals surface area (Å²) < 4.78 is 10.3. The Morgan fingerprint density at radius 3 is 2.86 bits per heavy atom. The van der Waals surface area contributed by atoms with Crippen LogP contribution in [0.4, 0.5) is 0 Å². The van der Waals surface area contributed by atoms with E-state index < -0.39 is 5.91 Å². The van der Waals surface area contributed by atoms with Gasteiger partial charge >= 0.3 is 0 Å². The second-order valence-electron chi connectivity index (χ2n) is 4.58. The van der Waals surface area contributed by atoms with Crippen LogP contribution in [0.3, 0.4) is 0 Å². The summed E-state index contributed by atoms with van der Waals surface area (Å²) in [5.74, 6) is 0.161. The average Bonchev–Trinajstić information content (AvgIpc) is 2.90. The van der Waals surface area contributed by atoms with Crippen molar-refractivity contribution in [3.63, 3.8) is 0 Å². The number of hydrogen-bond acceptors (Lipinski definition) is 5. The molecule has 0 aliphatic carbocycles. The van der Waals surface area contributed by atoms with Crippen molar-refractivity contribution in [2.45, 2.75) is 13.5 Å². The molecule has 0 fully saturated rings. The first kappa shape index (κ1) is 13.1. The number of rotatable bonds is 3. The minimum Gasteiger partial charge on any atom is -0.451 e. The number of amides is 1. The molecule has 1 aromatic carbocycles. The van der Waals surface area contributed by atoms with E-state index in [2.05, 4.69) is 10.5 Å².